The lowest BCUT2D eigenvalue weighted by Crippen LogP contribution is -2.60. The lowest BCUT2D eigenvalue weighted by atomic mass is 9.84. The Morgan fingerprint density at radius 2 is 2.00 bits per heavy atom. The summed E-state index contributed by atoms with van der Waals surface area (Å²) in [6, 6.07) is 0. The first kappa shape index (κ1) is 16.7. The van der Waals surface area contributed by atoms with Gasteiger partial charge in [0.05, 0.1) is 18.6 Å². The van der Waals surface area contributed by atoms with Crippen molar-refractivity contribution in [3.63, 3.8) is 0 Å². The molecule has 3 heterocycles. The van der Waals surface area contributed by atoms with Gasteiger partial charge in [0.25, 0.3) is 0 Å². The van der Waals surface area contributed by atoms with E-state index in [0.29, 0.717) is 19.4 Å². The van der Waals surface area contributed by atoms with Gasteiger partial charge in [-0.25, -0.2) is 0 Å². The maximum Gasteiger partial charge on any atom is 0.310 e. The highest BCUT2D eigenvalue weighted by Crippen LogP contribution is 2.41. The minimum Gasteiger partial charge on any atom is -0.459 e. The summed E-state index contributed by atoms with van der Waals surface area (Å²) in [7, 11) is 0. The molecule has 3 saturated heterocycles. The van der Waals surface area contributed by atoms with Crippen molar-refractivity contribution >= 4 is 11.9 Å². The predicted molar refractivity (Wildman–Crippen MR) is 77.5 cm³/mol. The Morgan fingerprint density at radius 1 is 1.26 bits per heavy atom. The predicted octanol–water partition coefficient (Wildman–Crippen LogP) is 1.32. The standard InChI is InChI=1S/C16H24O7/c1-9(17)20-11-7-13(18)21-10-5-6-16(4,23-14(10)11)12-8-19-15(2,3)22-12/h10-12,14H,5-8H2,1-4H3/t10-,11?,12+,14-,16-/m0/s1. The van der Waals surface area contributed by atoms with Crippen molar-refractivity contribution in [3.8, 4) is 0 Å². The van der Waals surface area contributed by atoms with Crippen LogP contribution in [-0.4, -0.2) is 54.3 Å². The molecule has 1 unspecified atom stereocenters. The van der Waals surface area contributed by atoms with E-state index in [1.54, 1.807) is 0 Å². The van der Waals surface area contributed by atoms with Gasteiger partial charge in [-0.1, -0.05) is 0 Å². The van der Waals surface area contributed by atoms with E-state index in [9.17, 15) is 9.59 Å². The van der Waals surface area contributed by atoms with Crippen molar-refractivity contribution in [2.24, 2.45) is 0 Å². The van der Waals surface area contributed by atoms with Crippen LogP contribution in [0.3, 0.4) is 0 Å². The highest BCUT2D eigenvalue weighted by atomic mass is 16.8. The Labute approximate surface area is 135 Å². The minimum absolute atomic E-state index is 0.0182. The van der Waals surface area contributed by atoms with Crippen molar-refractivity contribution < 1.29 is 33.3 Å². The summed E-state index contributed by atoms with van der Waals surface area (Å²) < 4.78 is 28.5. The lowest BCUT2D eigenvalue weighted by molar-refractivity contribution is -0.262. The Hall–Kier alpha value is -1.18. The average molecular weight is 328 g/mol. The molecule has 0 aliphatic carbocycles. The van der Waals surface area contributed by atoms with Gasteiger partial charge in [-0.2, -0.15) is 0 Å². The second-order valence-corrected chi connectivity index (χ2v) is 7.13. The van der Waals surface area contributed by atoms with Gasteiger partial charge in [-0.15, -0.1) is 0 Å². The van der Waals surface area contributed by atoms with Crippen LogP contribution < -0.4 is 0 Å². The maximum absolute atomic E-state index is 11.7. The van der Waals surface area contributed by atoms with Crippen LogP contribution in [0, 0.1) is 0 Å². The second-order valence-electron chi connectivity index (χ2n) is 7.13. The van der Waals surface area contributed by atoms with Crippen LogP contribution in [0.15, 0.2) is 0 Å². The second kappa shape index (κ2) is 5.72. The number of hydrogen-bond donors (Lipinski definition) is 0. The number of esters is 2. The molecule has 3 fully saturated rings. The molecule has 5 atom stereocenters. The van der Waals surface area contributed by atoms with E-state index in [1.807, 2.05) is 20.8 Å². The molecule has 7 heteroatoms. The quantitative estimate of drug-likeness (QED) is 0.707. The van der Waals surface area contributed by atoms with Crippen LogP contribution >= 0.6 is 0 Å². The summed E-state index contributed by atoms with van der Waals surface area (Å²) >= 11 is 0. The lowest BCUT2D eigenvalue weighted by Gasteiger charge is -2.48. The molecule has 3 rings (SSSR count). The van der Waals surface area contributed by atoms with Crippen LogP contribution in [0.5, 0.6) is 0 Å². The largest absolute Gasteiger partial charge is 0.459 e. The summed E-state index contributed by atoms with van der Waals surface area (Å²) in [5.74, 6) is -1.42. The van der Waals surface area contributed by atoms with Gasteiger partial charge >= 0.3 is 11.9 Å². The van der Waals surface area contributed by atoms with E-state index in [-0.39, 0.29) is 24.6 Å². The van der Waals surface area contributed by atoms with Gasteiger partial charge in [0, 0.05) is 6.92 Å². The van der Waals surface area contributed by atoms with E-state index < -0.39 is 29.6 Å². The fourth-order valence-electron chi connectivity index (χ4n) is 3.52. The van der Waals surface area contributed by atoms with Crippen molar-refractivity contribution in [1.29, 1.82) is 0 Å². The summed E-state index contributed by atoms with van der Waals surface area (Å²) in [5.41, 5.74) is -0.572. The molecular formula is C16H24O7. The van der Waals surface area contributed by atoms with E-state index in [4.69, 9.17) is 23.7 Å². The van der Waals surface area contributed by atoms with Gasteiger partial charge < -0.3 is 23.7 Å². The first-order chi connectivity index (χ1) is 10.7. The van der Waals surface area contributed by atoms with Crippen LogP contribution in [0.4, 0.5) is 0 Å². The molecule has 0 aromatic carbocycles. The smallest absolute Gasteiger partial charge is 0.310 e. The van der Waals surface area contributed by atoms with Crippen LogP contribution in [0.1, 0.15) is 47.0 Å². The van der Waals surface area contributed by atoms with Gasteiger partial charge in [-0.05, 0) is 33.6 Å². The number of rotatable bonds is 2. The van der Waals surface area contributed by atoms with Gasteiger partial charge in [0.15, 0.2) is 5.79 Å². The third-order valence-electron chi connectivity index (χ3n) is 4.72. The molecule has 0 radical (unpaired) electrons. The first-order valence-corrected chi connectivity index (χ1v) is 8.05. The first-order valence-electron chi connectivity index (χ1n) is 8.05. The normalized spacial score (nSPS) is 42.7. The fourth-order valence-corrected chi connectivity index (χ4v) is 3.52. The third kappa shape index (κ3) is 3.36. The molecule has 0 amide bonds. The molecule has 23 heavy (non-hydrogen) atoms. The zero-order valence-corrected chi connectivity index (χ0v) is 14.0. The van der Waals surface area contributed by atoms with Crippen molar-refractivity contribution in [1.82, 2.24) is 0 Å². The number of fused-ring (bicyclic) bond motifs is 1. The molecular weight excluding hydrogens is 304 g/mol. The average Bonchev–Trinajstić information content (AvgIpc) is 2.80. The molecule has 0 N–H and O–H groups in total. The molecule has 3 aliphatic rings. The maximum atomic E-state index is 11.7. The van der Waals surface area contributed by atoms with E-state index in [2.05, 4.69) is 0 Å². The summed E-state index contributed by atoms with van der Waals surface area (Å²) in [6.07, 6.45) is -0.345. The monoisotopic (exact) mass is 328 g/mol. The van der Waals surface area contributed by atoms with Crippen LogP contribution in [0.25, 0.3) is 0 Å². The molecule has 0 saturated carbocycles. The summed E-state index contributed by atoms with van der Waals surface area (Å²) in [4.78, 5) is 23.0. The summed E-state index contributed by atoms with van der Waals surface area (Å²) in [5, 5.41) is 0. The number of carbonyl (C=O) groups is 2. The SMILES string of the molecule is CC(=O)OC1CC(=O)O[C@H]2CC[C@@](C)([C@H]3COC(C)(C)O3)O[C@H]12. The van der Waals surface area contributed by atoms with Gasteiger partial charge in [-0.3, -0.25) is 9.59 Å². The zero-order valence-electron chi connectivity index (χ0n) is 14.0. The Bertz CT molecular complexity index is 501. The topological polar surface area (TPSA) is 80.3 Å². The Balaban J connectivity index is 1.75. The Kier molecular flexibility index (Phi) is 4.14. The van der Waals surface area contributed by atoms with E-state index >= 15 is 0 Å². The van der Waals surface area contributed by atoms with E-state index in [1.165, 1.54) is 6.92 Å². The summed E-state index contributed by atoms with van der Waals surface area (Å²) in [6.45, 7) is 7.48. The van der Waals surface area contributed by atoms with Gasteiger partial charge in [0.2, 0.25) is 0 Å². The number of carbonyl (C=O) groups excluding carboxylic acids is 2. The number of ether oxygens (including phenoxy) is 5. The van der Waals surface area contributed by atoms with Crippen molar-refractivity contribution in [3.05, 3.63) is 0 Å². The molecule has 0 aromatic rings. The van der Waals surface area contributed by atoms with Gasteiger partial charge in [0.1, 0.15) is 24.4 Å². The van der Waals surface area contributed by atoms with E-state index in [0.717, 1.165) is 0 Å². The molecule has 130 valence electrons. The molecule has 0 aromatic heterocycles. The molecule has 0 spiro atoms. The molecule has 7 nitrogen and oxygen atoms in total. The van der Waals surface area contributed by atoms with Crippen LogP contribution in [-0.2, 0) is 33.3 Å². The minimum atomic E-state index is -0.637. The highest BCUT2D eigenvalue weighted by molar-refractivity contribution is 5.73. The Morgan fingerprint density at radius 3 is 2.61 bits per heavy atom. The molecule has 3 aliphatic heterocycles. The molecule has 0 bridgehead atoms. The van der Waals surface area contributed by atoms with Crippen molar-refractivity contribution in [2.75, 3.05) is 6.61 Å². The van der Waals surface area contributed by atoms with Crippen molar-refractivity contribution in [2.45, 2.75) is 82.8 Å². The number of hydrogen-bond acceptors (Lipinski definition) is 7. The van der Waals surface area contributed by atoms with Crippen LogP contribution in [0.2, 0.25) is 0 Å². The third-order valence-corrected chi connectivity index (χ3v) is 4.72. The fraction of sp³-hybridized carbons (Fsp3) is 0.875. The zero-order chi connectivity index (χ0) is 16.8. The highest BCUT2D eigenvalue weighted by Gasteiger charge is 2.54.